The molecular weight excluding hydrogens is 278 g/mol. The third-order valence-electron chi connectivity index (χ3n) is 3.77. The molecule has 0 amide bonds. The number of rotatable bonds is 8. The van der Waals surface area contributed by atoms with Gasteiger partial charge in [-0.15, -0.1) is 0 Å². The van der Waals surface area contributed by atoms with Crippen molar-refractivity contribution in [3.63, 3.8) is 0 Å². The van der Waals surface area contributed by atoms with Crippen LogP contribution in [0.2, 0.25) is 0 Å². The Bertz CT molecular complexity index is 566. The summed E-state index contributed by atoms with van der Waals surface area (Å²) < 4.78 is 12.5. The predicted molar refractivity (Wildman–Crippen MR) is 87.1 cm³/mol. The van der Waals surface area contributed by atoms with E-state index in [9.17, 15) is 0 Å². The molecular formula is C17H25N3O2. The van der Waals surface area contributed by atoms with Gasteiger partial charge in [0.2, 0.25) is 0 Å². The van der Waals surface area contributed by atoms with Gasteiger partial charge in [0.15, 0.2) is 0 Å². The predicted octanol–water partition coefficient (Wildman–Crippen LogP) is 2.53. The molecule has 0 aliphatic carbocycles. The van der Waals surface area contributed by atoms with Crippen LogP contribution in [0.5, 0.6) is 5.75 Å². The highest BCUT2D eigenvalue weighted by molar-refractivity contribution is 5.32. The average molecular weight is 303 g/mol. The molecule has 0 aliphatic heterocycles. The van der Waals surface area contributed by atoms with Crippen molar-refractivity contribution >= 4 is 0 Å². The number of nitrogens with zero attached hydrogens (tertiary/aromatic N) is 2. The molecule has 0 unspecified atom stereocenters. The lowest BCUT2D eigenvalue weighted by atomic mass is 10.0. The van der Waals surface area contributed by atoms with Crippen LogP contribution in [0.25, 0.3) is 0 Å². The first kappa shape index (κ1) is 16.5. The van der Waals surface area contributed by atoms with Crippen molar-refractivity contribution in [1.29, 1.82) is 0 Å². The molecule has 0 saturated carbocycles. The van der Waals surface area contributed by atoms with Crippen LogP contribution in [0.1, 0.15) is 30.8 Å². The normalized spacial score (nSPS) is 13.8. The first-order chi connectivity index (χ1) is 10.7. The Labute approximate surface area is 132 Å². The quantitative estimate of drug-likeness (QED) is 0.814. The van der Waals surface area contributed by atoms with Crippen molar-refractivity contribution in [2.45, 2.75) is 25.4 Å². The molecule has 0 fully saturated rings. The highest BCUT2D eigenvalue weighted by atomic mass is 16.5. The van der Waals surface area contributed by atoms with Crippen LogP contribution in [0.3, 0.4) is 0 Å². The van der Waals surface area contributed by atoms with E-state index in [4.69, 9.17) is 9.47 Å². The molecule has 2 atom stereocenters. The number of nitrogens with one attached hydrogen (secondary N) is 1. The zero-order valence-corrected chi connectivity index (χ0v) is 13.7. The van der Waals surface area contributed by atoms with E-state index < -0.39 is 0 Å². The van der Waals surface area contributed by atoms with E-state index in [1.807, 2.05) is 36.1 Å². The maximum absolute atomic E-state index is 5.24. The van der Waals surface area contributed by atoms with Crippen LogP contribution in [0, 0.1) is 0 Å². The molecule has 0 bridgehead atoms. The zero-order chi connectivity index (χ0) is 15.9. The Balaban J connectivity index is 2.23. The number of imidazole rings is 1. The molecule has 22 heavy (non-hydrogen) atoms. The van der Waals surface area contributed by atoms with Crippen LogP contribution >= 0.6 is 0 Å². The van der Waals surface area contributed by atoms with Crippen molar-refractivity contribution in [2.24, 2.45) is 7.05 Å². The molecule has 2 rings (SSSR count). The lowest BCUT2D eigenvalue weighted by Crippen LogP contribution is -2.33. The molecule has 0 radical (unpaired) electrons. The fourth-order valence-electron chi connectivity index (χ4n) is 2.43. The molecule has 1 N–H and O–H groups in total. The van der Waals surface area contributed by atoms with Crippen molar-refractivity contribution in [3.05, 3.63) is 48.0 Å². The molecule has 0 spiro atoms. The Kier molecular flexibility index (Phi) is 5.98. The summed E-state index contributed by atoms with van der Waals surface area (Å²) in [4.78, 5) is 4.51. The van der Waals surface area contributed by atoms with Gasteiger partial charge >= 0.3 is 0 Å². The van der Waals surface area contributed by atoms with E-state index >= 15 is 0 Å². The average Bonchev–Trinajstić information content (AvgIpc) is 2.96. The number of hydrogen-bond acceptors (Lipinski definition) is 4. The Morgan fingerprint density at radius 1 is 1.23 bits per heavy atom. The second-order valence-electron chi connectivity index (χ2n) is 5.45. The number of benzene rings is 1. The van der Waals surface area contributed by atoms with E-state index in [2.05, 4.69) is 29.4 Å². The van der Waals surface area contributed by atoms with Crippen LogP contribution in [-0.4, -0.2) is 36.4 Å². The molecule has 0 saturated heterocycles. The molecule has 1 aromatic heterocycles. The van der Waals surface area contributed by atoms with Gasteiger partial charge in [-0.05, 0) is 31.0 Å². The van der Waals surface area contributed by atoms with Gasteiger partial charge < -0.3 is 19.4 Å². The Morgan fingerprint density at radius 3 is 2.50 bits per heavy atom. The lowest BCUT2D eigenvalue weighted by Gasteiger charge is -2.23. The highest BCUT2D eigenvalue weighted by Gasteiger charge is 2.20. The summed E-state index contributed by atoms with van der Waals surface area (Å²) >= 11 is 0. The van der Waals surface area contributed by atoms with Gasteiger partial charge in [-0.2, -0.15) is 0 Å². The van der Waals surface area contributed by atoms with Crippen LogP contribution < -0.4 is 10.1 Å². The number of aryl methyl sites for hydroxylation is 1. The monoisotopic (exact) mass is 303 g/mol. The molecule has 120 valence electrons. The number of aromatic nitrogens is 2. The van der Waals surface area contributed by atoms with Crippen molar-refractivity contribution in [1.82, 2.24) is 14.9 Å². The minimum absolute atomic E-state index is 0.0396. The van der Waals surface area contributed by atoms with E-state index in [1.165, 1.54) is 5.56 Å². The smallest absolute Gasteiger partial charge is 0.130 e. The fraction of sp³-hybridized carbons (Fsp3) is 0.471. The third kappa shape index (κ3) is 4.08. The fourth-order valence-corrected chi connectivity index (χ4v) is 2.43. The van der Waals surface area contributed by atoms with E-state index in [0.29, 0.717) is 6.04 Å². The zero-order valence-electron chi connectivity index (χ0n) is 13.7. The summed E-state index contributed by atoms with van der Waals surface area (Å²) in [6, 6.07) is 8.48. The van der Waals surface area contributed by atoms with Crippen LogP contribution in [-0.2, 0) is 11.8 Å². The highest BCUT2D eigenvalue weighted by Crippen LogP contribution is 2.23. The summed E-state index contributed by atoms with van der Waals surface area (Å²) in [5, 5.41) is 3.64. The summed E-state index contributed by atoms with van der Waals surface area (Å²) in [6.45, 7) is 2.91. The maximum atomic E-state index is 5.24. The standard InChI is InChI=1S/C17H25N3O2/c1-13(9-12-21-3)19-16(17-18-10-11-20(17)2)14-5-7-15(22-4)8-6-14/h5-8,10-11,13,16,19H,9,12H2,1-4H3/t13-,16-/m1/s1. The SMILES string of the molecule is COCC[C@@H](C)N[C@H](c1ccc(OC)cc1)c1nccn1C. The van der Waals surface area contributed by atoms with Gasteiger partial charge in [0, 0.05) is 39.2 Å². The first-order valence-corrected chi connectivity index (χ1v) is 7.52. The van der Waals surface area contributed by atoms with E-state index in [0.717, 1.165) is 24.6 Å². The molecule has 2 aromatic rings. The molecule has 1 aromatic carbocycles. The Morgan fingerprint density at radius 2 is 1.95 bits per heavy atom. The largest absolute Gasteiger partial charge is 0.497 e. The van der Waals surface area contributed by atoms with Gasteiger partial charge in [0.25, 0.3) is 0 Å². The Hall–Kier alpha value is -1.85. The number of hydrogen-bond donors (Lipinski definition) is 1. The van der Waals surface area contributed by atoms with Gasteiger partial charge in [-0.25, -0.2) is 4.98 Å². The summed E-state index contributed by atoms with van der Waals surface area (Å²) in [5.41, 5.74) is 1.17. The topological polar surface area (TPSA) is 48.3 Å². The van der Waals surface area contributed by atoms with Gasteiger partial charge in [-0.3, -0.25) is 0 Å². The lowest BCUT2D eigenvalue weighted by molar-refractivity contribution is 0.183. The van der Waals surface area contributed by atoms with E-state index in [1.54, 1.807) is 14.2 Å². The molecule has 1 heterocycles. The van der Waals surface area contributed by atoms with Crippen LogP contribution in [0.4, 0.5) is 0 Å². The van der Waals surface area contributed by atoms with Gasteiger partial charge in [0.1, 0.15) is 11.6 Å². The first-order valence-electron chi connectivity index (χ1n) is 7.52. The summed E-state index contributed by atoms with van der Waals surface area (Å²) in [7, 11) is 5.42. The summed E-state index contributed by atoms with van der Waals surface area (Å²) in [5.74, 6) is 1.85. The molecule has 5 heteroatoms. The summed E-state index contributed by atoms with van der Waals surface area (Å²) in [6.07, 6.45) is 4.74. The second kappa shape index (κ2) is 7.96. The van der Waals surface area contributed by atoms with E-state index in [-0.39, 0.29) is 6.04 Å². The van der Waals surface area contributed by atoms with Crippen molar-refractivity contribution in [2.75, 3.05) is 20.8 Å². The maximum Gasteiger partial charge on any atom is 0.130 e. The number of ether oxygens (including phenoxy) is 2. The second-order valence-corrected chi connectivity index (χ2v) is 5.45. The van der Waals surface area contributed by atoms with Crippen LogP contribution in [0.15, 0.2) is 36.7 Å². The van der Waals surface area contributed by atoms with Gasteiger partial charge in [-0.1, -0.05) is 12.1 Å². The molecule has 0 aliphatic rings. The minimum Gasteiger partial charge on any atom is -0.497 e. The number of methoxy groups -OCH3 is 2. The third-order valence-corrected chi connectivity index (χ3v) is 3.77. The van der Waals surface area contributed by atoms with Gasteiger partial charge in [0.05, 0.1) is 13.2 Å². The minimum atomic E-state index is 0.0396. The van der Waals surface area contributed by atoms with Crippen molar-refractivity contribution in [3.8, 4) is 5.75 Å². The molecule has 5 nitrogen and oxygen atoms in total. The van der Waals surface area contributed by atoms with Crippen molar-refractivity contribution < 1.29 is 9.47 Å².